The van der Waals surface area contributed by atoms with Crippen LogP contribution in [0.15, 0.2) is 24.3 Å². The first-order chi connectivity index (χ1) is 9.25. The van der Waals surface area contributed by atoms with Crippen LogP contribution in [0.25, 0.3) is 0 Å². The first kappa shape index (κ1) is 15.2. The average Bonchev–Trinajstić information content (AvgIpc) is 2.41. The van der Waals surface area contributed by atoms with Gasteiger partial charge >= 0.3 is 10.3 Å². The highest BCUT2D eigenvalue weighted by Gasteiger charge is 2.30. The molecule has 2 rings (SSSR count). The van der Waals surface area contributed by atoms with Gasteiger partial charge in [0, 0.05) is 20.3 Å². The molecule has 1 aromatic rings. The standard InChI is InChI=1S/C13H19NO5S/c1-13(2)18-11(7-8-17-20(14,15)16)9-10-5-3-4-6-12(10)19-13/h3-6,11H,7-9H2,1-2H3,(H2,14,15,16). The monoisotopic (exact) mass is 301 g/mol. The summed E-state index contributed by atoms with van der Waals surface area (Å²) in [4.78, 5) is 0. The molecule has 112 valence electrons. The van der Waals surface area contributed by atoms with E-state index in [2.05, 4.69) is 4.18 Å². The fourth-order valence-corrected chi connectivity index (χ4v) is 2.53. The summed E-state index contributed by atoms with van der Waals surface area (Å²) in [6.07, 6.45) is 0.848. The molecule has 1 unspecified atom stereocenters. The summed E-state index contributed by atoms with van der Waals surface area (Å²) in [5.74, 6) is 0.00569. The zero-order valence-electron chi connectivity index (χ0n) is 11.5. The van der Waals surface area contributed by atoms with Crippen LogP contribution in [0.2, 0.25) is 0 Å². The minimum absolute atomic E-state index is 0.0122. The number of hydrogen-bond acceptors (Lipinski definition) is 5. The van der Waals surface area contributed by atoms with E-state index >= 15 is 0 Å². The zero-order chi connectivity index (χ0) is 14.8. The van der Waals surface area contributed by atoms with Gasteiger partial charge in [0.2, 0.25) is 5.79 Å². The Morgan fingerprint density at radius 2 is 2.10 bits per heavy atom. The lowest BCUT2D eigenvalue weighted by atomic mass is 10.1. The fraction of sp³-hybridized carbons (Fsp3) is 0.538. The van der Waals surface area contributed by atoms with Crippen LogP contribution < -0.4 is 9.88 Å². The van der Waals surface area contributed by atoms with Crippen LogP contribution in [-0.4, -0.2) is 26.9 Å². The molecule has 2 N–H and O–H groups in total. The van der Waals surface area contributed by atoms with Gasteiger partial charge in [0.05, 0.1) is 12.7 Å². The Hall–Kier alpha value is -1.15. The van der Waals surface area contributed by atoms with E-state index in [1.54, 1.807) is 0 Å². The Labute approximate surface area is 119 Å². The van der Waals surface area contributed by atoms with Gasteiger partial charge < -0.3 is 9.47 Å². The summed E-state index contributed by atoms with van der Waals surface area (Å²) in [5, 5.41) is 4.80. The van der Waals surface area contributed by atoms with Crippen LogP contribution in [0.4, 0.5) is 0 Å². The number of fused-ring (bicyclic) bond motifs is 1. The van der Waals surface area contributed by atoms with E-state index in [9.17, 15) is 8.42 Å². The van der Waals surface area contributed by atoms with E-state index < -0.39 is 16.1 Å². The molecule has 6 nitrogen and oxygen atoms in total. The van der Waals surface area contributed by atoms with E-state index in [-0.39, 0.29) is 12.7 Å². The van der Waals surface area contributed by atoms with Crippen molar-refractivity contribution >= 4 is 10.3 Å². The van der Waals surface area contributed by atoms with Crippen LogP contribution >= 0.6 is 0 Å². The van der Waals surface area contributed by atoms with E-state index in [0.29, 0.717) is 12.8 Å². The SMILES string of the molecule is CC1(C)Oc2ccccc2CC(CCOS(N)(=O)=O)O1. The van der Waals surface area contributed by atoms with Crippen LogP contribution in [0.5, 0.6) is 5.75 Å². The molecule has 20 heavy (non-hydrogen) atoms. The summed E-state index contributed by atoms with van der Waals surface area (Å²) < 4.78 is 37.7. The number of rotatable bonds is 4. The number of benzene rings is 1. The van der Waals surface area contributed by atoms with Crippen molar-refractivity contribution < 1.29 is 22.1 Å². The van der Waals surface area contributed by atoms with Crippen LogP contribution in [0.3, 0.4) is 0 Å². The van der Waals surface area contributed by atoms with Crippen molar-refractivity contribution in [2.45, 2.75) is 38.6 Å². The lowest BCUT2D eigenvalue weighted by Crippen LogP contribution is -2.35. The maximum absolute atomic E-state index is 10.8. The minimum atomic E-state index is -3.91. The highest BCUT2D eigenvalue weighted by molar-refractivity contribution is 7.84. The molecule has 1 aromatic carbocycles. The van der Waals surface area contributed by atoms with E-state index in [1.807, 2.05) is 38.1 Å². The van der Waals surface area contributed by atoms with Crippen molar-refractivity contribution in [3.63, 3.8) is 0 Å². The maximum Gasteiger partial charge on any atom is 0.333 e. The van der Waals surface area contributed by atoms with Gasteiger partial charge in [-0.05, 0) is 18.1 Å². The van der Waals surface area contributed by atoms with Gasteiger partial charge in [0.15, 0.2) is 0 Å². The first-order valence-corrected chi connectivity index (χ1v) is 7.84. The number of hydrogen-bond donors (Lipinski definition) is 1. The highest BCUT2D eigenvalue weighted by atomic mass is 32.2. The molecular formula is C13H19NO5S. The van der Waals surface area contributed by atoms with Crippen molar-refractivity contribution in [3.8, 4) is 5.75 Å². The quantitative estimate of drug-likeness (QED) is 0.907. The summed E-state index contributed by atoms with van der Waals surface area (Å²) in [5.41, 5.74) is 1.03. The van der Waals surface area contributed by atoms with Gasteiger partial charge in [-0.25, -0.2) is 5.14 Å². The molecule has 0 bridgehead atoms. The fourth-order valence-electron chi connectivity index (χ4n) is 2.21. The van der Waals surface area contributed by atoms with E-state index in [4.69, 9.17) is 14.6 Å². The summed E-state index contributed by atoms with van der Waals surface area (Å²) in [7, 11) is -3.91. The Morgan fingerprint density at radius 3 is 2.80 bits per heavy atom. The van der Waals surface area contributed by atoms with Crippen molar-refractivity contribution in [2.75, 3.05) is 6.61 Å². The van der Waals surface area contributed by atoms with Crippen LogP contribution in [0.1, 0.15) is 25.8 Å². The zero-order valence-corrected chi connectivity index (χ0v) is 12.4. The molecule has 0 saturated carbocycles. The smallest absolute Gasteiger partial charge is 0.333 e. The first-order valence-electron chi connectivity index (χ1n) is 6.37. The third kappa shape index (κ3) is 4.45. The predicted molar refractivity (Wildman–Crippen MR) is 73.4 cm³/mol. The summed E-state index contributed by atoms with van der Waals surface area (Å²) >= 11 is 0. The van der Waals surface area contributed by atoms with Crippen molar-refractivity contribution in [2.24, 2.45) is 5.14 Å². The molecule has 0 fully saturated rings. The molecule has 0 radical (unpaired) electrons. The summed E-state index contributed by atoms with van der Waals surface area (Å²) in [6, 6.07) is 7.69. The second-order valence-electron chi connectivity index (χ2n) is 5.16. The Balaban J connectivity index is 2.07. The molecule has 0 spiro atoms. The molecule has 0 aromatic heterocycles. The lowest BCUT2D eigenvalue weighted by Gasteiger charge is -2.28. The highest BCUT2D eigenvalue weighted by Crippen LogP contribution is 2.31. The van der Waals surface area contributed by atoms with Gasteiger partial charge in [-0.15, -0.1) is 0 Å². The molecule has 0 saturated heterocycles. The van der Waals surface area contributed by atoms with Crippen LogP contribution in [-0.2, 0) is 25.6 Å². The summed E-state index contributed by atoms with van der Waals surface area (Å²) in [6.45, 7) is 3.63. The molecule has 1 heterocycles. The van der Waals surface area contributed by atoms with Crippen molar-refractivity contribution in [1.82, 2.24) is 0 Å². The molecule has 7 heteroatoms. The number of para-hydroxylation sites is 1. The van der Waals surface area contributed by atoms with Crippen LogP contribution in [0, 0.1) is 0 Å². The number of ether oxygens (including phenoxy) is 2. The maximum atomic E-state index is 10.8. The van der Waals surface area contributed by atoms with E-state index in [1.165, 1.54) is 0 Å². The molecule has 0 amide bonds. The topological polar surface area (TPSA) is 87.9 Å². The van der Waals surface area contributed by atoms with Gasteiger partial charge in [-0.1, -0.05) is 18.2 Å². The van der Waals surface area contributed by atoms with E-state index in [0.717, 1.165) is 11.3 Å². The molecule has 1 aliphatic heterocycles. The second kappa shape index (κ2) is 5.69. The third-order valence-corrected chi connectivity index (χ3v) is 3.41. The van der Waals surface area contributed by atoms with Gasteiger partial charge in [0.1, 0.15) is 5.75 Å². The third-order valence-electron chi connectivity index (χ3n) is 2.91. The molecule has 0 aliphatic carbocycles. The lowest BCUT2D eigenvalue weighted by molar-refractivity contribution is -0.183. The molecular weight excluding hydrogens is 282 g/mol. The second-order valence-corrected chi connectivity index (χ2v) is 6.38. The average molecular weight is 301 g/mol. The van der Waals surface area contributed by atoms with Gasteiger partial charge in [-0.2, -0.15) is 8.42 Å². The largest absolute Gasteiger partial charge is 0.463 e. The van der Waals surface area contributed by atoms with Crippen molar-refractivity contribution in [1.29, 1.82) is 0 Å². The normalized spacial score (nSPS) is 21.6. The number of nitrogens with two attached hydrogens (primary N) is 1. The Bertz CT molecular complexity index is 570. The minimum Gasteiger partial charge on any atom is -0.463 e. The van der Waals surface area contributed by atoms with Gasteiger partial charge in [-0.3, -0.25) is 4.18 Å². The Morgan fingerprint density at radius 1 is 1.40 bits per heavy atom. The van der Waals surface area contributed by atoms with Crippen molar-refractivity contribution in [3.05, 3.63) is 29.8 Å². The molecule has 1 aliphatic rings. The predicted octanol–water partition coefficient (Wildman–Crippen LogP) is 1.35. The molecule has 1 atom stereocenters. The Kier molecular flexibility index (Phi) is 4.33. The van der Waals surface area contributed by atoms with Gasteiger partial charge in [0.25, 0.3) is 0 Å².